The lowest BCUT2D eigenvalue weighted by atomic mass is 9.87. The Balaban J connectivity index is 1.37. The number of benzene rings is 2. The normalized spacial score (nSPS) is 20.7. The first-order valence-electron chi connectivity index (χ1n) is 11.7. The van der Waals surface area contributed by atoms with Crippen LogP contribution in [-0.4, -0.2) is 45.4 Å². The number of carbonyl (C=O) groups is 1. The molecule has 0 bridgehead atoms. The van der Waals surface area contributed by atoms with Gasteiger partial charge in [-0.25, -0.2) is 11.6 Å². The number of nitrogens with zero attached hydrogens (tertiary/aromatic N) is 2. The summed E-state index contributed by atoms with van der Waals surface area (Å²) in [5.74, 6) is -1.20. The van der Waals surface area contributed by atoms with Gasteiger partial charge in [-0.1, -0.05) is 41.4 Å². The van der Waals surface area contributed by atoms with E-state index in [0.717, 1.165) is 37.9 Å². The number of rotatable bonds is 8. The van der Waals surface area contributed by atoms with E-state index in [0.29, 0.717) is 13.0 Å². The zero-order chi connectivity index (χ0) is 26.9. The molecule has 2 aliphatic heterocycles. The van der Waals surface area contributed by atoms with Crippen molar-refractivity contribution in [2.24, 2.45) is 9.06 Å². The van der Waals surface area contributed by atoms with E-state index < -0.39 is 43.6 Å². The van der Waals surface area contributed by atoms with E-state index in [9.17, 15) is 18.3 Å². The van der Waals surface area contributed by atoms with E-state index in [4.69, 9.17) is 35.8 Å². The van der Waals surface area contributed by atoms with Crippen molar-refractivity contribution in [3.8, 4) is 0 Å². The van der Waals surface area contributed by atoms with Gasteiger partial charge in [-0.2, -0.15) is 0 Å². The molecule has 1 unspecified atom stereocenters. The van der Waals surface area contributed by atoms with Gasteiger partial charge >= 0.3 is 5.97 Å². The topological polar surface area (TPSA) is 106 Å². The third-order valence-electron chi connectivity index (χ3n) is 6.22. The fraction of sp³-hybridized carbons (Fsp3) is 0.269. The summed E-state index contributed by atoms with van der Waals surface area (Å²) in [5, 5.41) is 9.75. The van der Waals surface area contributed by atoms with Gasteiger partial charge in [0.1, 0.15) is 12.6 Å². The van der Waals surface area contributed by atoms with Crippen LogP contribution in [0.4, 0.5) is 5.69 Å². The number of carboxylic acids is 1. The van der Waals surface area contributed by atoms with E-state index in [2.05, 4.69) is 0 Å². The molecule has 1 aliphatic carbocycles. The first kappa shape index (κ1) is 27.3. The van der Waals surface area contributed by atoms with E-state index in [1.165, 1.54) is 18.2 Å². The van der Waals surface area contributed by atoms with Crippen LogP contribution in [-0.2, 0) is 30.7 Å². The predicted octanol–water partition coefficient (Wildman–Crippen LogP) is 6.16. The minimum Gasteiger partial charge on any atom is -0.481 e. The fourth-order valence-electron chi connectivity index (χ4n) is 4.36. The van der Waals surface area contributed by atoms with Crippen molar-refractivity contribution in [2.45, 2.75) is 23.8 Å². The highest BCUT2D eigenvalue weighted by Gasteiger charge is 2.29. The highest BCUT2D eigenvalue weighted by atomic mass is 127. The fourth-order valence-corrected chi connectivity index (χ4v) is 8.34. The average molecular weight is 689 g/mol. The molecule has 12 heteroatoms. The molecule has 8 nitrogen and oxygen atoms in total. The van der Waals surface area contributed by atoms with Crippen LogP contribution in [0.15, 0.2) is 72.1 Å². The lowest BCUT2D eigenvalue weighted by Crippen LogP contribution is -2.36. The second-order valence-corrected chi connectivity index (χ2v) is 13.7. The number of hydrogen-bond acceptors (Lipinski definition) is 6. The lowest BCUT2D eigenvalue weighted by molar-refractivity contribution is -0.135. The molecule has 0 radical (unpaired) electrons. The summed E-state index contributed by atoms with van der Waals surface area (Å²) in [4.78, 5) is 11.4. The van der Waals surface area contributed by atoms with Gasteiger partial charge in [0.2, 0.25) is 0 Å². The number of allylic oxidation sites excluding steroid dienone is 3. The summed E-state index contributed by atoms with van der Waals surface area (Å²) >= 11 is 11.4. The maximum Gasteiger partial charge on any atom is 0.324 e. The van der Waals surface area contributed by atoms with Crippen LogP contribution in [0.1, 0.15) is 17.5 Å². The van der Waals surface area contributed by atoms with Gasteiger partial charge in [-0.15, -0.1) is 0 Å². The Bertz CT molecular complexity index is 1480. The van der Waals surface area contributed by atoms with Crippen molar-refractivity contribution in [1.29, 1.82) is 0 Å². The van der Waals surface area contributed by atoms with Crippen LogP contribution >= 0.6 is 44.2 Å². The number of hydrogen-bond donors (Lipinski definition) is 1. The Morgan fingerprint density at radius 1 is 1.18 bits per heavy atom. The number of carboxylic acid groups (broad SMARTS) is 1. The molecule has 0 amide bonds. The zero-order valence-corrected chi connectivity index (χ0v) is 24.4. The maximum absolute atomic E-state index is 13.4. The minimum absolute atomic E-state index is 0.0909. The summed E-state index contributed by atoms with van der Waals surface area (Å²) in [6.45, 7) is 0.605. The first-order chi connectivity index (χ1) is 18.2. The molecule has 0 spiro atoms. The monoisotopic (exact) mass is 688 g/mol. The molecule has 1 saturated heterocycles. The largest absolute Gasteiger partial charge is 0.481 e. The Kier molecular flexibility index (Phi) is 8.25. The number of ether oxygens (including phenoxy) is 2. The number of anilines is 1. The van der Waals surface area contributed by atoms with Crippen LogP contribution in [0.5, 0.6) is 0 Å². The minimum atomic E-state index is -4.25. The van der Waals surface area contributed by atoms with Crippen LogP contribution in [0.25, 0.3) is 6.08 Å². The van der Waals surface area contributed by atoms with Crippen molar-refractivity contribution < 1.29 is 27.8 Å². The standard InChI is InChI=1S/C26H23Cl2IN2O6S/c27-19-11-20(28)13-23(12-19)38(34,35)31(14-26(32)33)21-4-3-16-9-18(2-1-17(16)10-21)24-5-6-25(29-30-24)37-22-7-8-36-15-22/h1-6,10-13,18,22H,7-9,14-15H2,(H,32,33)/t18?,22-/m0/s1. The van der Waals surface area contributed by atoms with Crippen molar-refractivity contribution >= 4 is 72.0 Å². The van der Waals surface area contributed by atoms with Crippen LogP contribution in [0, 0.1) is 5.92 Å². The molecule has 0 aromatic heterocycles. The van der Waals surface area contributed by atoms with E-state index >= 15 is 0 Å². The summed E-state index contributed by atoms with van der Waals surface area (Å²) in [5.41, 5.74) is 3.06. The third-order valence-corrected chi connectivity index (χ3v) is 10.3. The van der Waals surface area contributed by atoms with Gasteiger partial charge in [-0.3, -0.25) is 9.10 Å². The molecule has 2 aromatic rings. The maximum atomic E-state index is 13.4. The second kappa shape index (κ2) is 11.5. The molecule has 2 heterocycles. The Morgan fingerprint density at radius 3 is 2.63 bits per heavy atom. The highest BCUT2D eigenvalue weighted by Crippen LogP contribution is 2.37. The SMILES string of the molecule is O=C(O)CN(c1ccc2c(c1)C=CC(C1=CC=C(O[C@H]3CCOC3)I=N1)C2)S(=O)(=O)c1cc(Cl)cc(Cl)c1. The smallest absolute Gasteiger partial charge is 0.324 e. The molecule has 3 aliphatic rings. The Hall–Kier alpha value is -2.25. The van der Waals surface area contributed by atoms with Crippen LogP contribution in [0.2, 0.25) is 10.0 Å². The van der Waals surface area contributed by atoms with Gasteiger partial charge in [0, 0.05) is 22.4 Å². The first-order valence-corrected chi connectivity index (χ1v) is 16.0. The molecular weight excluding hydrogens is 666 g/mol. The van der Waals surface area contributed by atoms with Gasteiger partial charge in [-0.05, 0) is 60.0 Å². The second-order valence-electron chi connectivity index (χ2n) is 8.90. The number of halogens is 3. The van der Waals surface area contributed by atoms with Crippen molar-refractivity contribution in [3.63, 3.8) is 0 Å². The van der Waals surface area contributed by atoms with E-state index in [-0.39, 0.29) is 32.7 Å². The Morgan fingerprint density at radius 2 is 1.97 bits per heavy atom. The summed E-state index contributed by atoms with van der Waals surface area (Å²) in [6.07, 6.45) is 9.69. The zero-order valence-electron chi connectivity index (χ0n) is 19.9. The van der Waals surface area contributed by atoms with Crippen LogP contribution < -0.4 is 4.31 Å². The summed E-state index contributed by atoms with van der Waals surface area (Å²) < 4.78 is 44.8. The average Bonchev–Trinajstić information content (AvgIpc) is 3.39. The van der Waals surface area contributed by atoms with Crippen LogP contribution in [0.3, 0.4) is 0 Å². The molecule has 5 rings (SSSR count). The van der Waals surface area contributed by atoms with Gasteiger partial charge < -0.3 is 14.6 Å². The van der Waals surface area contributed by atoms with E-state index in [1.54, 1.807) is 12.1 Å². The molecular formula is C26H23Cl2IN2O6S. The summed E-state index contributed by atoms with van der Waals surface area (Å²) in [7, 11) is -4.25. The number of sulfonamides is 1. The van der Waals surface area contributed by atoms with Crippen molar-refractivity contribution in [3.05, 3.63) is 85.3 Å². The molecule has 1 fully saturated rings. The van der Waals surface area contributed by atoms with Gasteiger partial charge in [0.25, 0.3) is 10.0 Å². The molecule has 2 atom stereocenters. The highest BCUT2D eigenvalue weighted by molar-refractivity contribution is 14.2. The van der Waals surface area contributed by atoms with E-state index in [1.807, 2.05) is 30.4 Å². The number of fused-ring (bicyclic) bond motifs is 1. The quantitative estimate of drug-likeness (QED) is 0.333. The molecule has 38 heavy (non-hydrogen) atoms. The van der Waals surface area contributed by atoms with Crippen molar-refractivity contribution in [1.82, 2.24) is 0 Å². The van der Waals surface area contributed by atoms with Gasteiger partial charge in [0.05, 0.1) is 50.5 Å². The molecule has 200 valence electrons. The molecule has 2 aromatic carbocycles. The molecule has 1 N–H and O–H groups in total. The predicted molar refractivity (Wildman–Crippen MR) is 154 cm³/mol. The van der Waals surface area contributed by atoms with Gasteiger partial charge in [0.15, 0.2) is 3.77 Å². The number of aliphatic carboxylic acids is 1. The van der Waals surface area contributed by atoms with Crippen molar-refractivity contribution in [2.75, 3.05) is 24.1 Å². The summed E-state index contributed by atoms with van der Waals surface area (Å²) in [6, 6.07) is 9.04. The molecule has 0 saturated carbocycles. The lowest BCUT2D eigenvalue weighted by Gasteiger charge is -2.26. The third kappa shape index (κ3) is 6.15. The Labute approximate surface area is 240 Å².